The lowest BCUT2D eigenvalue weighted by atomic mass is 9.85. The fourth-order valence-corrected chi connectivity index (χ4v) is 3.96. The Hall–Kier alpha value is -1.59. The minimum absolute atomic E-state index is 0.0325. The number of carbonyl (C=O) groups excluding carboxylic acids is 1. The summed E-state index contributed by atoms with van der Waals surface area (Å²) < 4.78 is 5.87. The number of fused-ring (bicyclic) bond motifs is 1. The second kappa shape index (κ2) is 8.68. The van der Waals surface area contributed by atoms with Crippen LogP contribution in [0, 0.1) is 5.92 Å². The summed E-state index contributed by atoms with van der Waals surface area (Å²) in [5.74, 6) is 1.67. The number of rotatable bonds is 7. The summed E-state index contributed by atoms with van der Waals surface area (Å²) >= 11 is 0. The van der Waals surface area contributed by atoms with Crippen LogP contribution in [0.1, 0.15) is 37.7 Å². The number of ether oxygens (including phenoxy) is 1. The molecule has 1 amide bonds. The highest BCUT2D eigenvalue weighted by atomic mass is 16.5. The fourth-order valence-electron chi connectivity index (χ4n) is 3.96. The van der Waals surface area contributed by atoms with Crippen molar-refractivity contribution in [1.82, 2.24) is 15.5 Å². The van der Waals surface area contributed by atoms with Gasteiger partial charge < -0.3 is 20.3 Å². The summed E-state index contributed by atoms with van der Waals surface area (Å²) in [6, 6.07) is 8.47. The lowest BCUT2D eigenvalue weighted by Crippen LogP contribution is -2.42. The van der Waals surface area contributed by atoms with Gasteiger partial charge in [0, 0.05) is 24.7 Å². The van der Waals surface area contributed by atoms with E-state index in [1.165, 1.54) is 25.7 Å². The lowest BCUT2D eigenvalue weighted by molar-refractivity contribution is -0.123. The number of carbonyl (C=O) groups is 1. The van der Waals surface area contributed by atoms with E-state index in [2.05, 4.69) is 15.5 Å². The van der Waals surface area contributed by atoms with Crippen molar-refractivity contribution >= 4 is 5.91 Å². The van der Waals surface area contributed by atoms with Gasteiger partial charge in [-0.15, -0.1) is 0 Å². The number of hydrogen-bond acceptors (Lipinski definition) is 4. The molecule has 1 saturated heterocycles. The van der Waals surface area contributed by atoms with Gasteiger partial charge in [-0.05, 0) is 45.3 Å². The second-order valence-corrected chi connectivity index (χ2v) is 7.58. The van der Waals surface area contributed by atoms with Gasteiger partial charge in [0.15, 0.2) is 0 Å². The van der Waals surface area contributed by atoms with Crippen LogP contribution in [0.15, 0.2) is 24.3 Å². The van der Waals surface area contributed by atoms with Gasteiger partial charge in [0.25, 0.3) is 0 Å². The Balaban J connectivity index is 1.50. The van der Waals surface area contributed by atoms with Crippen molar-refractivity contribution < 1.29 is 9.53 Å². The van der Waals surface area contributed by atoms with Crippen LogP contribution in [0.4, 0.5) is 0 Å². The maximum atomic E-state index is 12.6. The molecule has 0 unspecified atom stereocenters. The van der Waals surface area contributed by atoms with E-state index in [-0.39, 0.29) is 11.9 Å². The third-order valence-corrected chi connectivity index (χ3v) is 5.40. The Labute approximate surface area is 151 Å². The first-order valence-electron chi connectivity index (χ1n) is 9.52. The van der Waals surface area contributed by atoms with Gasteiger partial charge in [-0.25, -0.2) is 0 Å². The first-order chi connectivity index (χ1) is 12.1. The molecule has 3 rings (SSSR count). The average Bonchev–Trinajstić information content (AvgIpc) is 3.04. The van der Waals surface area contributed by atoms with E-state index < -0.39 is 0 Å². The van der Waals surface area contributed by atoms with Crippen molar-refractivity contribution in [3.8, 4) is 5.75 Å². The van der Waals surface area contributed by atoms with E-state index >= 15 is 0 Å². The highest BCUT2D eigenvalue weighted by molar-refractivity contribution is 5.82. The van der Waals surface area contributed by atoms with Crippen LogP contribution in [0.25, 0.3) is 0 Å². The Morgan fingerprint density at radius 3 is 2.88 bits per heavy atom. The van der Waals surface area contributed by atoms with Crippen molar-refractivity contribution in [3.63, 3.8) is 0 Å². The number of nitrogens with one attached hydrogen (secondary N) is 2. The molecular formula is C20H31N3O2. The van der Waals surface area contributed by atoms with E-state index in [4.69, 9.17) is 4.74 Å². The van der Waals surface area contributed by atoms with E-state index in [1.54, 1.807) is 0 Å². The zero-order chi connectivity index (χ0) is 17.6. The molecule has 5 nitrogen and oxygen atoms in total. The van der Waals surface area contributed by atoms with Gasteiger partial charge in [-0.2, -0.15) is 0 Å². The number of benzene rings is 1. The Kier molecular flexibility index (Phi) is 6.32. The molecule has 0 bridgehead atoms. The van der Waals surface area contributed by atoms with Crippen molar-refractivity contribution in [1.29, 1.82) is 0 Å². The predicted octanol–water partition coefficient (Wildman–Crippen LogP) is 2.16. The van der Waals surface area contributed by atoms with Gasteiger partial charge in [0.1, 0.15) is 12.4 Å². The zero-order valence-corrected chi connectivity index (χ0v) is 15.5. The Morgan fingerprint density at radius 2 is 2.08 bits per heavy atom. The third-order valence-electron chi connectivity index (χ3n) is 5.40. The number of amides is 1. The Bertz CT molecular complexity index is 562. The van der Waals surface area contributed by atoms with Crippen molar-refractivity contribution in [2.24, 2.45) is 5.92 Å². The summed E-state index contributed by atoms with van der Waals surface area (Å²) in [6.45, 7) is 2.03. The van der Waals surface area contributed by atoms with E-state index in [1.807, 2.05) is 38.4 Å². The lowest BCUT2D eigenvalue weighted by Gasteiger charge is -2.24. The fraction of sp³-hybridized carbons (Fsp3) is 0.650. The normalized spacial score (nSPS) is 25.6. The molecule has 0 spiro atoms. The van der Waals surface area contributed by atoms with Crippen molar-refractivity contribution in [2.45, 2.75) is 50.7 Å². The van der Waals surface area contributed by atoms with Gasteiger partial charge in [-0.1, -0.05) is 31.0 Å². The minimum Gasteiger partial charge on any atom is -0.492 e. The third kappa shape index (κ3) is 4.95. The molecule has 3 atom stereocenters. The maximum absolute atomic E-state index is 12.6. The molecule has 1 saturated carbocycles. The smallest absolute Gasteiger partial charge is 0.237 e. The van der Waals surface area contributed by atoms with Crippen molar-refractivity contribution in [3.05, 3.63) is 29.8 Å². The van der Waals surface area contributed by atoms with Gasteiger partial charge >= 0.3 is 0 Å². The second-order valence-electron chi connectivity index (χ2n) is 7.58. The maximum Gasteiger partial charge on any atom is 0.237 e. The number of hydrogen-bond donors (Lipinski definition) is 2. The molecule has 1 aromatic carbocycles. The highest BCUT2D eigenvalue weighted by Crippen LogP contribution is 2.33. The molecule has 2 N–H and O–H groups in total. The highest BCUT2D eigenvalue weighted by Gasteiger charge is 2.38. The van der Waals surface area contributed by atoms with Gasteiger partial charge in [-0.3, -0.25) is 4.79 Å². The molecule has 1 aliphatic carbocycles. The molecule has 138 valence electrons. The molecule has 0 aromatic heterocycles. The van der Waals surface area contributed by atoms with E-state index in [9.17, 15) is 4.79 Å². The molecular weight excluding hydrogens is 314 g/mol. The number of nitrogens with zero attached hydrogens (tertiary/aromatic N) is 1. The molecule has 1 heterocycles. The molecule has 1 aliphatic heterocycles. The summed E-state index contributed by atoms with van der Waals surface area (Å²) in [5, 5.41) is 6.64. The summed E-state index contributed by atoms with van der Waals surface area (Å²) in [4.78, 5) is 14.6. The van der Waals surface area contributed by atoms with Crippen LogP contribution in [0.3, 0.4) is 0 Å². The van der Waals surface area contributed by atoms with Crippen LogP contribution >= 0.6 is 0 Å². The molecule has 2 fully saturated rings. The quantitative estimate of drug-likeness (QED) is 0.795. The van der Waals surface area contributed by atoms with Crippen LogP contribution in [-0.2, 0) is 11.3 Å². The molecule has 0 radical (unpaired) electrons. The van der Waals surface area contributed by atoms with E-state index in [0.717, 1.165) is 24.3 Å². The topological polar surface area (TPSA) is 53.6 Å². The Morgan fingerprint density at radius 1 is 1.28 bits per heavy atom. The SMILES string of the molecule is CN(C)CCOc1ccccc1CNC(=O)[C@@H]1C[C@H]2CCCC[C@H]2N1. The number of para-hydroxylation sites is 1. The number of likely N-dealkylation sites (N-methyl/N-ethyl adjacent to an activating group) is 1. The molecule has 25 heavy (non-hydrogen) atoms. The van der Waals surface area contributed by atoms with Gasteiger partial charge in [0.05, 0.1) is 6.04 Å². The van der Waals surface area contributed by atoms with Gasteiger partial charge in [0.2, 0.25) is 5.91 Å². The average molecular weight is 345 g/mol. The minimum atomic E-state index is -0.0325. The zero-order valence-electron chi connectivity index (χ0n) is 15.5. The summed E-state index contributed by atoms with van der Waals surface area (Å²) in [7, 11) is 4.06. The molecule has 5 heteroatoms. The van der Waals surface area contributed by atoms with Crippen LogP contribution in [0.2, 0.25) is 0 Å². The van der Waals surface area contributed by atoms with Crippen LogP contribution in [-0.4, -0.2) is 50.1 Å². The van der Waals surface area contributed by atoms with E-state index in [0.29, 0.717) is 25.1 Å². The molecule has 2 aliphatic rings. The monoisotopic (exact) mass is 345 g/mol. The predicted molar refractivity (Wildman–Crippen MR) is 99.6 cm³/mol. The van der Waals surface area contributed by atoms with Crippen LogP contribution < -0.4 is 15.4 Å². The molecule has 1 aromatic rings. The largest absolute Gasteiger partial charge is 0.492 e. The first kappa shape index (κ1) is 18.2. The first-order valence-corrected chi connectivity index (χ1v) is 9.52. The van der Waals surface area contributed by atoms with Crippen molar-refractivity contribution in [2.75, 3.05) is 27.2 Å². The van der Waals surface area contributed by atoms with Crippen LogP contribution in [0.5, 0.6) is 5.75 Å². The summed E-state index contributed by atoms with van der Waals surface area (Å²) in [5.41, 5.74) is 1.03. The summed E-state index contributed by atoms with van der Waals surface area (Å²) in [6.07, 6.45) is 6.08. The standard InChI is InChI=1S/C20H31N3O2/c1-23(2)11-12-25-19-10-6-4-8-16(19)14-21-20(24)18-13-15-7-3-5-9-17(15)22-18/h4,6,8,10,15,17-18,22H,3,5,7,9,11-14H2,1-2H3,(H,21,24)/t15-,17-,18+/m1/s1.